The first-order chi connectivity index (χ1) is 15.5. The molecular weight excluding hydrogens is 603 g/mol. The Hall–Kier alpha value is -2.30. The summed E-state index contributed by atoms with van der Waals surface area (Å²) in [7, 11) is 1.62. The lowest BCUT2D eigenvalue weighted by atomic mass is 10.2. The molecule has 1 heterocycles. The van der Waals surface area contributed by atoms with Gasteiger partial charge in [0.05, 0.1) is 17.7 Å². The molecule has 1 amide bonds. The summed E-state index contributed by atoms with van der Waals surface area (Å²) in [6.07, 6.45) is 1.82. The fourth-order valence-corrected chi connectivity index (χ4v) is 4.47. The molecule has 8 heteroatoms. The fourth-order valence-electron chi connectivity index (χ4n) is 2.90. The third-order valence-corrected chi connectivity index (χ3v) is 6.64. The third-order valence-electron chi connectivity index (χ3n) is 4.52. The van der Waals surface area contributed by atoms with Crippen LogP contribution in [0, 0.1) is 3.57 Å². The number of rotatable bonds is 6. The van der Waals surface area contributed by atoms with Crippen LogP contribution in [0.3, 0.4) is 0 Å². The summed E-state index contributed by atoms with van der Waals surface area (Å²) in [6.45, 7) is 0.443. The molecule has 0 atom stereocenters. The number of hydrogen-bond donors (Lipinski definition) is 1. The van der Waals surface area contributed by atoms with Crippen molar-refractivity contribution < 1.29 is 14.3 Å². The molecule has 0 radical (unpaired) electrons. The number of halogens is 2. The Kier molecular flexibility index (Phi) is 7.54. The number of ether oxygens (including phenoxy) is 2. The zero-order valence-corrected chi connectivity index (χ0v) is 21.5. The van der Waals surface area contributed by atoms with Crippen LogP contribution in [0.1, 0.15) is 11.1 Å². The third kappa shape index (κ3) is 5.93. The van der Waals surface area contributed by atoms with Gasteiger partial charge in [0.2, 0.25) is 0 Å². The number of aliphatic imine (C=N–C) groups is 1. The van der Waals surface area contributed by atoms with E-state index >= 15 is 0 Å². The van der Waals surface area contributed by atoms with Gasteiger partial charge in [-0.05, 0) is 101 Å². The van der Waals surface area contributed by atoms with Crippen LogP contribution in [0.2, 0.25) is 0 Å². The quantitative estimate of drug-likeness (QED) is 0.251. The summed E-state index contributed by atoms with van der Waals surface area (Å²) in [5.41, 5.74) is 2.63. The Labute approximate surface area is 212 Å². The van der Waals surface area contributed by atoms with E-state index in [1.54, 1.807) is 7.11 Å². The molecule has 1 saturated heterocycles. The SMILES string of the molecule is COc1ccc(N=C2NC(=O)/C(=C\c3cc(Br)ccc3OCc3ccc(I)cc3)S2)cc1. The Morgan fingerprint density at radius 3 is 2.56 bits per heavy atom. The van der Waals surface area contributed by atoms with Gasteiger partial charge in [0, 0.05) is 13.6 Å². The number of hydrogen-bond acceptors (Lipinski definition) is 5. The number of thioether (sulfide) groups is 1. The van der Waals surface area contributed by atoms with E-state index in [9.17, 15) is 4.79 Å². The highest BCUT2D eigenvalue weighted by atomic mass is 127. The van der Waals surface area contributed by atoms with Crippen LogP contribution in [0.25, 0.3) is 6.08 Å². The number of amidine groups is 1. The highest BCUT2D eigenvalue weighted by molar-refractivity contribution is 14.1. The van der Waals surface area contributed by atoms with E-state index in [0.717, 1.165) is 27.0 Å². The minimum atomic E-state index is -0.189. The number of carbonyl (C=O) groups excluding carboxylic acids is 1. The molecule has 3 aromatic rings. The minimum Gasteiger partial charge on any atom is -0.497 e. The van der Waals surface area contributed by atoms with E-state index in [4.69, 9.17) is 9.47 Å². The molecule has 32 heavy (non-hydrogen) atoms. The summed E-state index contributed by atoms with van der Waals surface area (Å²) >= 11 is 7.08. The molecule has 0 aromatic heterocycles. The first-order valence-electron chi connectivity index (χ1n) is 9.60. The summed E-state index contributed by atoms with van der Waals surface area (Å²) in [5.74, 6) is 1.27. The van der Waals surface area contributed by atoms with Crippen LogP contribution in [0.4, 0.5) is 5.69 Å². The molecule has 0 spiro atoms. The van der Waals surface area contributed by atoms with Gasteiger partial charge in [0.15, 0.2) is 5.17 Å². The van der Waals surface area contributed by atoms with Gasteiger partial charge in [-0.15, -0.1) is 0 Å². The molecule has 5 nitrogen and oxygen atoms in total. The number of methoxy groups -OCH3 is 1. The maximum Gasteiger partial charge on any atom is 0.264 e. The lowest BCUT2D eigenvalue weighted by Gasteiger charge is -2.10. The molecule has 3 aromatic carbocycles. The monoisotopic (exact) mass is 620 g/mol. The molecule has 1 aliphatic rings. The van der Waals surface area contributed by atoms with Crippen LogP contribution in [-0.4, -0.2) is 18.2 Å². The van der Waals surface area contributed by atoms with Gasteiger partial charge in [-0.2, -0.15) is 0 Å². The van der Waals surface area contributed by atoms with Crippen molar-refractivity contribution in [2.45, 2.75) is 6.61 Å². The van der Waals surface area contributed by atoms with Crippen molar-refractivity contribution in [3.8, 4) is 11.5 Å². The number of nitrogens with one attached hydrogen (secondary N) is 1. The van der Waals surface area contributed by atoms with Crippen molar-refractivity contribution >= 4 is 73.1 Å². The zero-order valence-electron chi connectivity index (χ0n) is 17.0. The molecule has 0 aliphatic carbocycles. The van der Waals surface area contributed by atoms with Crippen LogP contribution in [0.15, 0.2) is 81.1 Å². The predicted molar refractivity (Wildman–Crippen MR) is 141 cm³/mol. The van der Waals surface area contributed by atoms with Crippen molar-refractivity contribution in [3.05, 3.63) is 90.8 Å². The van der Waals surface area contributed by atoms with E-state index in [-0.39, 0.29) is 5.91 Å². The van der Waals surface area contributed by atoms with Gasteiger partial charge >= 0.3 is 0 Å². The maximum atomic E-state index is 12.5. The Morgan fingerprint density at radius 1 is 1.09 bits per heavy atom. The Morgan fingerprint density at radius 2 is 1.84 bits per heavy atom. The smallest absolute Gasteiger partial charge is 0.264 e. The van der Waals surface area contributed by atoms with E-state index in [1.807, 2.05) is 72.8 Å². The molecule has 0 bridgehead atoms. The topological polar surface area (TPSA) is 59.9 Å². The predicted octanol–water partition coefficient (Wildman–Crippen LogP) is 6.53. The van der Waals surface area contributed by atoms with E-state index in [1.165, 1.54) is 15.3 Å². The summed E-state index contributed by atoms with van der Waals surface area (Å²) in [6, 6.07) is 21.3. The van der Waals surface area contributed by atoms with Gasteiger partial charge in [0.25, 0.3) is 5.91 Å². The second kappa shape index (κ2) is 10.5. The normalized spacial score (nSPS) is 15.8. The second-order valence-corrected chi connectivity index (χ2v) is 9.97. The average Bonchev–Trinajstić information content (AvgIpc) is 3.13. The first-order valence-corrected chi connectivity index (χ1v) is 12.3. The Bertz CT molecular complexity index is 1190. The van der Waals surface area contributed by atoms with E-state index < -0.39 is 0 Å². The Balaban J connectivity index is 1.53. The van der Waals surface area contributed by atoms with E-state index in [0.29, 0.717) is 22.4 Å². The van der Waals surface area contributed by atoms with Crippen molar-refractivity contribution in [3.63, 3.8) is 0 Å². The molecular formula is C24H18BrIN2O3S. The standard InChI is InChI=1S/C24H18BrIN2O3S/c1-30-20-9-7-19(8-10-20)27-24-28-23(29)22(32-24)13-16-12-17(25)4-11-21(16)31-14-15-2-5-18(26)6-3-15/h2-13H,14H2,1H3,(H,27,28,29)/b22-13+. The summed E-state index contributed by atoms with van der Waals surface area (Å²) in [5, 5.41) is 3.35. The molecule has 1 N–H and O–H groups in total. The number of benzene rings is 3. The van der Waals surface area contributed by atoms with Crippen molar-refractivity contribution in [2.75, 3.05) is 7.11 Å². The van der Waals surface area contributed by atoms with Crippen molar-refractivity contribution in [2.24, 2.45) is 4.99 Å². The largest absolute Gasteiger partial charge is 0.497 e. The van der Waals surface area contributed by atoms with Crippen molar-refractivity contribution in [1.29, 1.82) is 0 Å². The van der Waals surface area contributed by atoms with Gasteiger partial charge in [-0.25, -0.2) is 4.99 Å². The minimum absolute atomic E-state index is 0.189. The fraction of sp³-hybridized carbons (Fsp3) is 0.0833. The van der Waals surface area contributed by atoms with Crippen LogP contribution >= 0.6 is 50.3 Å². The molecule has 1 fully saturated rings. The van der Waals surface area contributed by atoms with Crippen LogP contribution in [-0.2, 0) is 11.4 Å². The molecule has 4 rings (SSSR count). The highest BCUT2D eigenvalue weighted by Gasteiger charge is 2.24. The first kappa shape index (κ1) is 22.9. The lowest BCUT2D eigenvalue weighted by molar-refractivity contribution is -0.115. The van der Waals surface area contributed by atoms with Gasteiger partial charge in [-0.1, -0.05) is 28.1 Å². The zero-order chi connectivity index (χ0) is 22.5. The number of amides is 1. The van der Waals surface area contributed by atoms with Gasteiger partial charge in [0.1, 0.15) is 18.1 Å². The highest BCUT2D eigenvalue weighted by Crippen LogP contribution is 2.32. The lowest BCUT2D eigenvalue weighted by Crippen LogP contribution is -2.19. The second-order valence-electron chi connectivity index (χ2n) is 6.78. The number of nitrogens with zero attached hydrogens (tertiary/aromatic N) is 1. The molecule has 0 saturated carbocycles. The van der Waals surface area contributed by atoms with Gasteiger partial charge in [-0.3, -0.25) is 4.79 Å². The van der Waals surface area contributed by atoms with Crippen LogP contribution in [0.5, 0.6) is 11.5 Å². The van der Waals surface area contributed by atoms with Gasteiger partial charge < -0.3 is 14.8 Å². The summed E-state index contributed by atoms with van der Waals surface area (Å²) in [4.78, 5) is 17.6. The van der Waals surface area contributed by atoms with Crippen molar-refractivity contribution in [1.82, 2.24) is 5.32 Å². The number of carbonyl (C=O) groups is 1. The molecule has 162 valence electrons. The summed E-state index contributed by atoms with van der Waals surface area (Å²) < 4.78 is 13.3. The van der Waals surface area contributed by atoms with E-state index in [2.05, 4.69) is 48.8 Å². The van der Waals surface area contributed by atoms with Crippen LogP contribution < -0.4 is 14.8 Å². The average molecular weight is 621 g/mol. The maximum absolute atomic E-state index is 12.5. The molecule has 1 aliphatic heterocycles. The molecule has 0 unspecified atom stereocenters.